The molecule has 6 heteroatoms. The minimum Gasteiger partial charge on any atom is -0.241 e. The van der Waals surface area contributed by atoms with Crippen molar-refractivity contribution in [2.45, 2.75) is 24.8 Å². The van der Waals surface area contributed by atoms with E-state index in [4.69, 9.17) is 5.14 Å². The molecule has 0 aromatic carbocycles. The van der Waals surface area contributed by atoms with Crippen LogP contribution >= 0.6 is 0 Å². The first-order valence-electron chi connectivity index (χ1n) is 4.00. The Morgan fingerprint density at radius 3 is 2.43 bits per heavy atom. The second-order valence-electron chi connectivity index (χ2n) is 3.26. The van der Waals surface area contributed by atoms with Crippen LogP contribution < -0.4 is 5.14 Å². The summed E-state index contributed by atoms with van der Waals surface area (Å²) >= 11 is 0. The highest BCUT2D eigenvalue weighted by molar-refractivity contribution is 7.89. The van der Waals surface area contributed by atoms with Gasteiger partial charge in [-0.15, -0.1) is 0 Å². The van der Waals surface area contributed by atoms with Crippen LogP contribution in [0.15, 0.2) is 17.3 Å². The van der Waals surface area contributed by atoms with Gasteiger partial charge in [-0.05, 0) is 17.5 Å². The number of aromatic nitrogens is 1. The summed E-state index contributed by atoms with van der Waals surface area (Å²) in [7, 11) is -4.06. The molecule has 0 aliphatic heterocycles. The van der Waals surface area contributed by atoms with Crippen LogP contribution in [0.3, 0.4) is 0 Å². The summed E-state index contributed by atoms with van der Waals surface area (Å²) in [5.74, 6) is -0.815. The molecule has 14 heavy (non-hydrogen) atoms. The minimum absolute atomic E-state index is 0.0894. The number of hydrogen-bond donors (Lipinski definition) is 1. The van der Waals surface area contributed by atoms with Crippen LogP contribution in [-0.4, -0.2) is 13.4 Å². The molecule has 1 heterocycles. The molecule has 0 spiro atoms. The summed E-state index contributed by atoms with van der Waals surface area (Å²) in [6.45, 7) is 3.71. The monoisotopic (exact) mass is 218 g/mol. The molecule has 1 aromatic rings. The van der Waals surface area contributed by atoms with E-state index >= 15 is 0 Å². The summed E-state index contributed by atoms with van der Waals surface area (Å²) in [5, 5.41) is 4.05. The quantitative estimate of drug-likeness (QED) is 0.804. The largest absolute Gasteiger partial charge is 0.258 e. The van der Waals surface area contributed by atoms with Crippen LogP contribution in [0.4, 0.5) is 4.39 Å². The summed E-state index contributed by atoms with van der Waals surface area (Å²) in [6.07, 6.45) is 1.31. The van der Waals surface area contributed by atoms with Gasteiger partial charge in [0, 0.05) is 6.20 Å². The van der Waals surface area contributed by atoms with Crippen LogP contribution in [0, 0.1) is 5.82 Å². The predicted octanol–water partition coefficient (Wildman–Crippen LogP) is 0.992. The van der Waals surface area contributed by atoms with Crippen molar-refractivity contribution in [1.82, 2.24) is 4.98 Å². The third-order valence-corrected chi connectivity index (χ3v) is 2.60. The second-order valence-corrected chi connectivity index (χ2v) is 4.73. The van der Waals surface area contributed by atoms with Crippen molar-refractivity contribution in [1.29, 1.82) is 0 Å². The normalized spacial score (nSPS) is 12.1. The summed E-state index contributed by atoms with van der Waals surface area (Å²) in [5.41, 5.74) is 0.634. The predicted molar refractivity (Wildman–Crippen MR) is 49.7 cm³/mol. The van der Waals surface area contributed by atoms with E-state index in [0.717, 1.165) is 6.07 Å². The zero-order valence-corrected chi connectivity index (χ0v) is 8.68. The lowest BCUT2D eigenvalue weighted by molar-refractivity contribution is 0.551. The van der Waals surface area contributed by atoms with Gasteiger partial charge in [0.05, 0.1) is 0 Å². The molecule has 0 aliphatic carbocycles. The zero-order valence-electron chi connectivity index (χ0n) is 7.86. The molecule has 0 aliphatic rings. The Hall–Kier alpha value is -1.01. The van der Waals surface area contributed by atoms with Gasteiger partial charge in [0.25, 0.3) is 10.0 Å². The third kappa shape index (κ3) is 2.27. The van der Waals surface area contributed by atoms with Gasteiger partial charge < -0.3 is 0 Å². The average molecular weight is 218 g/mol. The number of hydrogen-bond acceptors (Lipinski definition) is 3. The highest BCUT2D eigenvalue weighted by Gasteiger charge is 2.16. The van der Waals surface area contributed by atoms with E-state index in [2.05, 4.69) is 4.98 Å². The number of nitrogens with two attached hydrogens (primary N) is 1. The highest BCUT2D eigenvalue weighted by Crippen LogP contribution is 2.17. The molecule has 1 rings (SSSR count). The molecule has 0 bridgehead atoms. The molecule has 0 atom stereocenters. The first-order chi connectivity index (χ1) is 6.32. The molecule has 78 valence electrons. The van der Waals surface area contributed by atoms with Crippen molar-refractivity contribution >= 4 is 10.0 Å². The fraction of sp³-hybridized carbons (Fsp3) is 0.375. The van der Waals surface area contributed by atoms with Gasteiger partial charge in [-0.25, -0.2) is 22.9 Å². The van der Waals surface area contributed by atoms with Crippen molar-refractivity contribution in [3.8, 4) is 0 Å². The van der Waals surface area contributed by atoms with Crippen LogP contribution in [0.2, 0.25) is 0 Å². The lowest BCUT2D eigenvalue weighted by Gasteiger charge is -2.05. The number of pyridine rings is 1. The molecule has 0 saturated carbocycles. The molecular formula is C8H11FN2O2S. The average Bonchev–Trinajstić information content (AvgIpc) is 2.01. The van der Waals surface area contributed by atoms with Crippen molar-refractivity contribution in [2.75, 3.05) is 0 Å². The van der Waals surface area contributed by atoms with Crippen LogP contribution in [0.5, 0.6) is 0 Å². The maximum atomic E-state index is 13.2. The van der Waals surface area contributed by atoms with E-state index < -0.39 is 20.9 Å². The summed E-state index contributed by atoms with van der Waals surface area (Å²) in [4.78, 5) is 3.48. The molecule has 2 N–H and O–H groups in total. The Morgan fingerprint density at radius 2 is 2.07 bits per heavy atom. The summed E-state index contributed by atoms with van der Waals surface area (Å²) in [6, 6.07) is 1.14. The Morgan fingerprint density at radius 1 is 1.50 bits per heavy atom. The van der Waals surface area contributed by atoms with Crippen LogP contribution in [0.25, 0.3) is 0 Å². The molecule has 0 unspecified atom stereocenters. The number of sulfonamides is 1. The first kappa shape index (κ1) is 11.1. The molecule has 1 aromatic heterocycles. The molecular weight excluding hydrogens is 207 g/mol. The van der Waals surface area contributed by atoms with Crippen LogP contribution in [-0.2, 0) is 10.0 Å². The Bertz CT molecular complexity index is 443. The standard InChI is InChI=1S/C8H11FN2O2S/c1-5(2)6-3-7(9)8(11-4-6)14(10,12)13/h3-5H,1-2H3,(H2,10,12,13). The number of rotatable bonds is 2. The second kappa shape index (κ2) is 3.62. The van der Waals surface area contributed by atoms with Crippen molar-refractivity contribution in [3.05, 3.63) is 23.6 Å². The fourth-order valence-electron chi connectivity index (χ4n) is 0.965. The fourth-order valence-corrected chi connectivity index (χ4v) is 1.50. The van der Waals surface area contributed by atoms with Gasteiger partial charge in [0.2, 0.25) is 5.03 Å². The van der Waals surface area contributed by atoms with E-state index in [0.29, 0.717) is 5.56 Å². The van der Waals surface area contributed by atoms with E-state index in [-0.39, 0.29) is 5.92 Å². The highest BCUT2D eigenvalue weighted by atomic mass is 32.2. The van der Waals surface area contributed by atoms with Gasteiger partial charge in [-0.3, -0.25) is 0 Å². The Labute approximate surface area is 82.0 Å². The maximum absolute atomic E-state index is 13.2. The number of nitrogens with zero attached hydrogens (tertiary/aromatic N) is 1. The maximum Gasteiger partial charge on any atom is 0.258 e. The molecule has 4 nitrogen and oxygen atoms in total. The Balaban J connectivity index is 3.28. The van der Waals surface area contributed by atoms with Crippen molar-refractivity contribution < 1.29 is 12.8 Å². The first-order valence-corrected chi connectivity index (χ1v) is 5.55. The number of halogens is 1. The van der Waals surface area contributed by atoms with Crippen LogP contribution in [0.1, 0.15) is 25.3 Å². The van der Waals surface area contributed by atoms with Gasteiger partial charge in [0.15, 0.2) is 5.82 Å². The molecule has 0 fully saturated rings. The van der Waals surface area contributed by atoms with Crippen molar-refractivity contribution in [2.24, 2.45) is 5.14 Å². The Kier molecular flexibility index (Phi) is 2.86. The smallest absolute Gasteiger partial charge is 0.241 e. The van der Waals surface area contributed by atoms with E-state index in [1.165, 1.54) is 6.20 Å². The van der Waals surface area contributed by atoms with Gasteiger partial charge >= 0.3 is 0 Å². The summed E-state index contributed by atoms with van der Waals surface area (Å²) < 4.78 is 34.8. The third-order valence-electron chi connectivity index (χ3n) is 1.76. The molecule has 0 radical (unpaired) electrons. The topological polar surface area (TPSA) is 73.0 Å². The van der Waals surface area contributed by atoms with Gasteiger partial charge in [-0.2, -0.15) is 0 Å². The molecule has 0 amide bonds. The lowest BCUT2D eigenvalue weighted by Crippen LogP contribution is -2.16. The van der Waals surface area contributed by atoms with E-state index in [1.807, 2.05) is 13.8 Å². The van der Waals surface area contributed by atoms with E-state index in [1.54, 1.807) is 0 Å². The minimum atomic E-state index is -4.06. The zero-order chi connectivity index (χ0) is 10.9. The van der Waals surface area contributed by atoms with Gasteiger partial charge in [0.1, 0.15) is 0 Å². The molecule has 0 saturated heterocycles. The van der Waals surface area contributed by atoms with Crippen molar-refractivity contribution in [3.63, 3.8) is 0 Å². The van der Waals surface area contributed by atoms with E-state index in [9.17, 15) is 12.8 Å². The lowest BCUT2D eigenvalue weighted by atomic mass is 10.1. The number of primary sulfonamides is 1. The van der Waals surface area contributed by atoms with Gasteiger partial charge in [-0.1, -0.05) is 13.8 Å². The SMILES string of the molecule is CC(C)c1cnc(S(N)(=O)=O)c(F)c1.